The van der Waals surface area contributed by atoms with Crippen LogP contribution in [-0.2, 0) is 0 Å². The van der Waals surface area contributed by atoms with Crippen LogP contribution < -0.4 is 0 Å². The minimum Gasteiger partial charge on any atom is -0.396 e. The Labute approximate surface area is 77.3 Å². The lowest BCUT2D eigenvalue weighted by Crippen LogP contribution is -2.56. The molecule has 0 unspecified atom stereocenters. The van der Waals surface area contributed by atoms with E-state index in [2.05, 4.69) is 0 Å². The molecule has 0 bridgehead atoms. The van der Waals surface area contributed by atoms with Crippen LogP contribution in [0.1, 0.15) is 0 Å². The average Bonchev–Trinajstić information content (AvgIpc) is 1.93. The van der Waals surface area contributed by atoms with Crippen LogP contribution in [0.5, 0.6) is 0 Å². The quantitative estimate of drug-likeness (QED) is 0.719. The number of aliphatic hydroxyl groups is 1. The molecule has 1 fully saturated rings. The van der Waals surface area contributed by atoms with E-state index in [1.165, 1.54) is 0 Å². The molecule has 0 atom stereocenters. The van der Waals surface area contributed by atoms with Crippen LogP contribution in [-0.4, -0.2) is 48.3 Å². The summed E-state index contributed by atoms with van der Waals surface area (Å²) in [6.45, 7) is -1.29. The van der Waals surface area contributed by atoms with Gasteiger partial charge in [0.2, 0.25) is 0 Å². The molecule has 7 heteroatoms. The third-order valence-electron chi connectivity index (χ3n) is 2.13. The average molecular weight is 219 g/mol. The first-order valence-electron chi connectivity index (χ1n) is 4.04. The van der Waals surface area contributed by atoms with Gasteiger partial charge in [-0.25, -0.2) is 0 Å². The number of hydrogen-bond acceptors (Lipinski definition) is 2. The topological polar surface area (TPSA) is 23.5 Å². The number of nitrogens with zero attached hydrogens (tertiary/aromatic N) is 1. The third-order valence-corrected chi connectivity index (χ3v) is 2.13. The highest BCUT2D eigenvalue weighted by atomic mass is 19.4. The summed E-state index contributed by atoms with van der Waals surface area (Å²) in [5.41, 5.74) is 0. The van der Waals surface area contributed by atoms with Gasteiger partial charge in [0.15, 0.2) is 0 Å². The Bertz CT molecular complexity index is 199. The summed E-state index contributed by atoms with van der Waals surface area (Å²) >= 11 is 0. The van der Waals surface area contributed by atoms with Crippen molar-refractivity contribution in [2.45, 2.75) is 12.1 Å². The highest BCUT2D eigenvalue weighted by Crippen LogP contribution is 2.37. The van der Waals surface area contributed by atoms with Crippen LogP contribution in [0.4, 0.5) is 22.0 Å². The summed E-state index contributed by atoms with van der Waals surface area (Å²) in [7, 11) is 0. The number of halogens is 5. The molecule has 1 rings (SSSR count). The summed E-state index contributed by atoms with van der Waals surface area (Å²) in [6, 6.07) is 0. The second kappa shape index (κ2) is 3.62. The molecular formula is C7H10F5NO. The Morgan fingerprint density at radius 2 is 1.64 bits per heavy atom. The molecule has 14 heavy (non-hydrogen) atoms. The standard InChI is InChI=1S/C7H10F5NO/c8-6(9,7(10,11)12)4-13-1-5(2-13)3-14/h5,14H,1-4H2. The number of alkyl halides is 5. The third kappa shape index (κ3) is 2.33. The summed E-state index contributed by atoms with van der Waals surface area (Å²) in [4.78, 5) is 0.981. The number of aliphatic hydroxyl groups excluding tert-OH is 1. The molecule has 84 valence electrons. The van der Waals surface area contributed by atoms with Crippen LogP contribution >= 0.6 is 0 Å². The first-order valence-corrected chi connectivity index (χ1v) is 4.04. The van der Waals surface area contributed by atoms with E-state index in [0.29, 0.717) is 0 Å². The van der Waals surface area contributed by atoms with Gasteiger partial charge in [0, 0.05) is 25.6 Å². The molecule has 1 saturated heterocycles. The number of hydrogen-bond donors (Lipinski definition) is 1. The summed E-state index contributed by atoms with van der Waals surface area (Å²) in [6.07, 6.45) is -5.49. The van der Waals surface area contributed by atoms with E-state index in [9.17, 15) is 22.0 Å². The lowest BCUT2D eigenvalue weighted by molar-refractivity contribution is -0.290. The van der Waals surface area contributed by atoms with Crippen LogP contribution in [0.3, 0.4) is 0 Å². The maximum atomic E-state index is 12.4. The number of rotatable bonds is 3. The predicted octanol–water partition coefficient (Wildman–Crippen LogP) is 1.11. The van der Waals surface area contributed by atoms with Crippen molar-refractivity contribution in [3.63, 3.8) is 0 Å². The molecule has 1 aliphatic rings. The van der Waals surface area contributed by atoms with Crippen LogP contribution in [0.2, 0.25) is 0 Å². The van der Waals surface area contributed by atoms with Crippen molar-refractivity contribution in [2.24, 2.45) is 5.92 Å². The molecule has 0 aromatic carbocycles. The smallest absolute Gasteiger partial charge is 0.396 e. The molecule has 0 aromatic heterocycles. The van der Waals surface area contributed by atoms with E-state index in [4.69, 9.17) is 5.11 Å². The normalized spacial score (nSPS) is 21.0. The molecule has 0 saturated carbocycles. The van der Waals surface area contributed by atoms with Crippen molar-refractivity contribution in [2.75, 3.05) is 26.2 Å². The van der Waals surface area contributed by atoms with E-state index >= 15 is 0 Å². The van der Waals surface area contributed by atoms with Crippen molar-refractivity contribution in [3.8, 4) is 0 Å². The molecule has 1 heterocycles. The Hall–Kier alpha value is -0.430. The van der Waals surface area contributed by atoms with E-state index in [1.54, 1.807) is 0 Å². The lowest BCUT2D eigenvalue weighted by atomic mass is 10.0. The van der Waals surface area contributed by atoms with Gasteiger partial charge in [0.05, 0.1) is 6.54 Å². The molecule has 0 aromatic rings. The SMILES string of the molecule is OCC1CN(CC(F)(F)C(F)(F)F)C1. The van der Waals surface area contributed by atoms with E-state index in [0.717, 1.165) is 4.90 Å². The lowest BCUT2D eigenvalue weighted by Gasteiger charge is -2.40. The molecule has 0 spiro atoms. The Balaban J connectivity index is 2.38. The minimum atomic E-state index is -5.49. The Kier molecular flexibility index (Phi) is 3.01. The van der Waals surface area contributed by atoms with E-state index < -0.39 is 18.6 Å². The first-order chi connectivity index (χ1) is 6.26. The second-order valence-electron chi connectivity index (χ2n) is 3.44. The predicted molar refractivity (Wildman–Crippen MR) is 38.0 cm³/mol. The summed E-state index contributed by atoms with van der Waals surface area (Å²) in [5.74, 6) is -4.83. The maximum Gasteiger partial charge on any atom is 0.454 e. The molecule has 2 nitrogen and oxygen atoms in total. The van der Waals surface area contributed by atoms with Gasteiger partial charge in [-0.3, -0.25) is 4.90 Å². The van der Waals surface area contributed by atoms with Crippen LogP contribution in [0.15, 0.2) is 0 Å². The maximum absolute atomic E-state index is 12.4. The van der Waals surface area contributed by atoms with Crippen molar-refractivity contribution in [1.29, 1.82) is 0 Å². The largest absolute Gasteiger partial charge is 0.454 e. The molecule has 1 aliphatic heterocycles. The summed E-state index contributed by atoms with van der Waals surface area (Å²) < 4.78 is 59.9. The first kappa shape index (κ1) is 11.6. The van der Waals surface area contributed by atoms with Gasteiger partial charge in [-0.2, -0.15) is 22.0 Å². The second-order valence-corrected chi connectivity index (χ2v) is 3.44. The van der Waals surface area contributed by atoms with E-state index in [1.807, 2.05) is 0 Å². The molecule has 0 radical (unpaired) electrons. The fourth-order valence-electron chi connectivity index (χ4n) is 1.29. The van der Waals surface area contributed by atoms with Crippen molar-refractivity contribution < 1.29 is 27.1 Å². The van der Waals surface area contributed by atoms with Crippen LogP contribution in [0.25, 0.3) is 0 Å². The molecular weight excluding hydrogens is 209 g/mol. The van der Waals surface area contributed by atoms with Gasteiger partial charge in [-0.1, -0.05) is 0 Å². The zero-order valence-corrected chi connectivity index (χ0v) is 7.19. The van der Waals surface area contributed by atoms with Gasteiger partial charge < -0.3 is 5.11 Å². The van der Waals surface area contributed by atoms with Gasteiger partial charge in [-0.15, -0.1) is 0 Å². The molecule has 1 N–H and O–H groups in total. The van der Waals surface area contributed by atoms with Gasteiger partial charge in [-0.05, 0) is 0 Å². The monoisotopic (exact) mass is 219 g/mol. The highest BCUT2D eigenvalue weighted by molar-refractivity contribution is 4.86. The van der Waals surface area contributed by atoms with Crippen molar-refractivity contribution >= 4 is 0 Å². The Morgan fingerprint density at radius 3 is 2.00 bits per heavy atom. The fraction of sp³-hybridized carbons (Fsp3) is 1.00. The van der Waals surface area contributed by atoms with Gasteiger partial charge >= 0.3 is 12.1 Å². The van der Waals surface area contributed by atoms with Gasteiger partial charge in [0.1, 0.15) is 0 Å². The Morgan fingerprint density at radius 1 is 1.14 bits per heavy atom. The molecule has 0 amide bonds. The van der Waals surface area contributed by atoms with Crippen molar-refractivity contribution in [1.82, 2.24) is 4.90 Å². The van der Waals surface area contributed by atoms with Gasteiger partial charge in [0.25, 0.3) is 0 Å². The van der Waals surface area contributed by atoms with Crippen LogP contribution in [0, 0.1) is 5.92 Å². The fourth-order valence-corrected chi connectivity index (χ4v) is 1.29. The zero-order valence-electron chi connectivity index (χ0n) is 7.19. The molecule has 0 aliphatic carbocycles. The highest BCUT2D eigenvalue weighted by Gasteiger charge is 2.58. The summed E-state index contributed by atoms with van der Waals surface area (Å²) in [5, 5.41) is 8.53. The minimum absolute atomic E-state index is 0.0994. The van der Waals surface area contributed by atoms with E-state index in [-0.39, 0.29) is 25.6 Å². The number of likely N-dealkylation sites (tertiary alicyclic amines) is 1. The zero-order chi connectivity index (χ0) is 11.0. The van der Waals surface area contributed by atoms with Crippen molar-refractivity contribution in [3.05, 3.63) is 0 Å².